The van der Waals surface area contributed by atoms with Crippen LogP contribution in [-0.2, 0) is 11.2 Å². The van der Waals surface area contributed by atoms with E-state index in [0.29, 0.717) is 12.2 Å². The Morgan fingerprint density at radius 1 is 1.47 bits per heavy atom. The molecule has 0 saturated carbocycles. The van der Waals surface area contributed by atoms with Gasteiger partial charge in [-0.05, 0) is 12.1 Å². The molecule has 0 spiro atoms. The number of furan rings is 1. The Morgan fingerprint density at radius 2 is 2.20 bits per heavy atom. The van der Waals surface area contributed by atoms with E-state index in [1.54, 1.807) is 12.1 Å². The van der Waals surface area contributed by atoms with Crippen molar-refractivity contribution >= 4 is 0 Å². The first-order valence-corrected chi connectivity index (χ1v) is 4.40. The summed E-state index contributed by atoms with van der Waals surface area (Å²) in [5.41, 5.74) is 5.54. The Hall–Kier alpha value is -1.01. The van der Waals surface area contributed by atoms with E-state index in [1.165, 1.54) is 6.26 Å². The van der Waals surface area contributed by atoms with Crippen molar-refractivity contribution in [3.8, 4) is 0 Å². The van der Waals surface area contributed by atoms with Crippen LogP contribution in [0.3, 0.4) is 0 Å². The lowest BCUT2D eigenvalue weighted by atomic mass is 10.2. The minimum Gasteiger partial charge on any atom is -0.469 e. The highest BCUT2D eigenvalue weighted by Gasteiger charge is 2.27. The number of alkyl halides is 3. The van der Waals surface area contributed by atoms with Crippen LogP contribution >= 0.6 is 0 Å². The Labute approximate surface area is 85.0 Å². The summed E-state index contributed by atoms with van der Waals surface area (Å²) >= 11 is 0. The fourth-order valence-electron chi connectivity index (χ4n) is 1.07. The molecule has 0 saturated heterocycles. The largest absolute Gasteiger partial charge is 0.469 e. The Morgan fingerprint density at radius 3 is 2.73 bits per heavy atom. The molecular weight excluding hydrogens is 211 g/mol. The predicted octanol–water partition coefficient (Wildman–Crippen LogP) is 1.73. The first kappa shape index (κ1) is 12.1. The molecule has 0 aliphatic heterocycles. The molecule has 1 rings (SSSR count). The molecule has 1 heterocycles. The zero-order valence-electron chi connectivity index (χ0n) is 7.96. The molecule has 15 heavy (non-hydrogen) atoms. The Kier molecular flexibility index (Phi) is 4.16. The van der Waals surface area contributed by atoms with Crippen LogP contribution in [0.1, 0.15) is 5.76 Å². The fourth-order valence-corrected chi connectivity index (χ4v) is 1.07. The molecule has 1 atom stereocenters. The maximum Gasteiger partial charge on any atom is 0.411 e. The van der Waals surface area contributed by atoms with Crippen molar-refractivity contribution in [3.05, 3.63) is 24.2 Å². The van der Waals surface area contributed by atoms with Crippen LogP contribution in [-0.4, -0.2) is 25.4 Å². The van der Waals surface area contributed by atoms with Crippen molar-refractivity contribution < 1.29 is 22.3 Å². The summed E-state index contributed by atoms with van der Waals surface area (Å²) in [6.07, 6.45) is -2.45. The number of ether oxygens (including phenoxy) is 1. The van der Waals surface area contributed by atoms with Crippen LogP contribution < -0.4 is 5.73 Å². The maximum absolute atomic E-state index is 11.7. The van der Waals surface area contributed by atoms with Gasteiger partial charge in [-0.15, -0.1) is 0 Å². The molecule has 86 valence electrons. The second-order valence-corrected chi connectivity index (χ2v) is 3.17. The SMILES string of the molecule is NC(COCC(F)(F)F)Cc1ccco1. The minimum atomic E-state index is -4.30. The molecule has 1 aromatic rings. The van der Waals surface area contributed by atoms with Gasteiger partial charge in [0.1, 0.15) is 12.4 Å². The standard InChI is InChI=1S/C9H12F3NO2/c10-9(11,12)6-14-5-7(13)4-8-2-1-3-15-8/h1-3,7H,4-6,13H2. The first-order chi connectivity index (χ1) is 6.97. The number of nitrogens with two attached hydrogens (primary N) is 1. The van der Waals surface area contributed by atoms with Crippen LogP contribution in [0.25, 0.3) is 0 Å². The third-order valence-corrected chi connectivity index (χ3v) is 1.64. The lowest BCUT2D eigenvalue weighted by molar-refractivity contribution is -0.174. The lowest BCUT2D eigenvalue weighted by Gasteiger charge is -2.12. The third-order valence-electron chi connectivity index (χ3n) is 1.64. The monoisotopic (exact) mass is 223 g/mol. The highest BCUT2D eigenvalue weighted by atomic mass is 19.4. The number of rotatable bonds is 5. The summed E-state index contributed by atoms with van der Waals surface area (Å²) in [7, 11) is 0. The average molecular weight is 223 g/mol. The Balaban J connectivity index is 2.17. The number of hydrogen-bond donors (Lipinski definition) is 1. The smallest absolute Gasteiger partial charge is 0.411 e. The zero-order valence-corrected chi connectivity index (χ0v) is 7.96. The van der Waals surface area contributed by atoms with E-state index in [9.17, 15) is 13.2 Å². The molecule has 0 amide bonds. The topological polar surface area (TPSA) is 48.4 Å². The summed E-state index contributed by atoms with van der Waals surface area (Å²) in [6, 6.07) is 2.92. The zero-order chi connectivity index (χ0) is 11.3. The van der Waals surface area contributed by atoms with Gasteiger partial charge in [0.25, 0.3) is 0 Å². The normalized spacial score (nSPS) is 14.1. The fraction of sp³-hybridized carbons (Fsp3) is 0.556. The summed E-state index contributed by atoms with van der Waals surface area (Å²) in [4.78, 5) is 0. The minimum absolute atomic E-state index is 0.139. The molecule has 0 aromatic carbocycles. The molecule has 3 nitrogen and oxygen atoms in total. The van der Waals surface area contributed by atoms with Gasteiger partial charge in [0, 0.05) is 12.5 Å². The molecule has 0 fully saturated rings. The quantitative estimate of drug-likeness (QED) is 0.826. The third kappa shape index (κ3) is 5.44. The van der Waals surface area contributed by atoms with Crippen molar-refractivity contribution in [1.82, 2.24) is 0 Å². The van der Waals surface area contributed by atoms with Gasteiger partial charge in [0.2, 0.25) is 0 Å². The van der Waals surface area contributed by atoms with Gasteiger partial charge in [-0.25, -0.2) is 0 Å². The molecule has 0 radical (unpaired) electrons. The van der Waals surface area contributed by atoms with Crippen molar-refractivity contribution in [2.45, 2.75) is 18.6 Å². The van der Waals surface area contributed by atoms with Gasteiger partial charge in [0.05, 0.1) is 12.9 Å². The van der Waals surface area contributed by atoms with Gasteiger partial charge >= 0.3 is 6.18 Å². The summed E-state index contributed by atoms with van der Waals surface area (Å²) in [5.74, 6) is 0.637. The van der Waals surface area contributed by atoms with Crippen LogP contribution in [0.2, 0.25) is 0 Å². The van der Waals surface area contributed by atoms with E-state index in [1.807, 2.05) is 0 Å². The highest BCUT2D eigenvalue weighted by molar-refractivity contribution is 5.00. The van der Waals surface area contributed by atoms with E-state index in [4.69, 9.17) is 10.2 Å². The second kappa shape index (κ2) is 5.18. The van der Waals surface area contributed by atoms with Gasteiger partial charge in [-0.2, -0.15) is 13.2 Å². The van der Waals surface area contributed by atoms with Gasteiger partial charge in [-0.1, -0.05) is 0 Å². The Bertz CT molecular complexity index is 271. The van der Waals surface area contributed by atoms with Gasteiger partial charge < -0.3 is 14.9 Å². The van der Waals surface area contributed by atoms with E-state index in [2.05, 4.69) is 4.74 Å². The first-order valence-electron chi connectivity index (χ1n) is 4.40. The summed E-state index contributed by atoms with van der Waals surface area (Å²) in [6.45, 7) is -1.40. The number of hydrogen-bond acceptors (Lipinski definition) is 3. The van der Waals surface area contributed by atoms with Crippen LogP contribution in [0, 0.1) is 0 Å². The molecule has 6 heteroatoms. The van der Waals surface area contributed by atoms with Crippen molar-refractivity contribution in [2.24, 2.45) is 5.73 Å². The number of halogens is 3. The lowest BCUT2D eigenvalue weighted by Crippen LogP contribution is -2.30. The average Bonchev–Trinajstić information content (AvgIpc) is 2.54. The molecular formula is C9H12F3NO2. The van der Waals surface area contributed by atoms with Crippen LogP contribution in [0.4, 0.5) is 13.2 Å². The molecule has 2 N–H and O–H groups in total. The van der Waals surface area contributed by atoms with E-state index in [0.717, 1.165) is 0 Å². The predicted molar refractivity (Wildman–Crippen MR) is 47.3 cm³/mol. The molecule has 0 aliphatic carbocycles. The van der Waals surface area contributed by atoms with Gasteiger partial charge in [0.15, 0.2) is 0 Å². The highest BCUT2D eigenvalue weighted by Crippen LogP contribution is 2.14. The molecule has 0 bridgehead atoms. The van der Waals surface area contributed by atoms with E-state index >= 15 is 0 Å². The molecule has 1 aromatic heterocycles. The van der Waals surface area contributed by atoms with Crippen LogP contribution in [0.5, 0.6) is 0 Å². The van der Waals surface area contributed by atoms with Gasteiger partial charge in [-0.3, -0.25) is 0 Å². The van der Waals surface area contributed by atoms with Crippen molar-refractivity contribution in [2.75, 3.05) is 13.2 Å². The van der Waals surface area contributed by atoms with Crippen molar-refractivity contribution in [1.29, 1.82) is 0 Å². The molecule has 0 aliphatic rings. The van der Waals surface area contributed by atoms with Crippen LogP contribution in [0.15, 0.2) is 22.8 Å². The van der Waals surface area contributed by atoms with E-state index in [-0.39, 0.29) is 6.61 Å². The summed E-state index contributed by atoms with van der Waals surface area (Å²) < 4.78 is 44.5. The molecule has 1 unspecified atom stereocenters. The summed E-state index contributed by atoms with van der Waals surface area (Å²) in [5, 5.41) is 0. The van der Waals surface area contributed by atoms with Crippen molar-refractivity contribution in [3.63, 3.8) is 0 Å². The van der Waals surface area contributed by atoms with E-state index < -0.39 is 18.8 Å². The second-order valence-electron chi connectivity index (χ2n) is 3.17. The maximum atomic E-state index is 11.7.